The van der Waals surface area contributed by atoms with Gasteiger partial charge in [0.15, 0.2) is 0 Å². The van der Waals surface area contributed by atoms with Crippen LogP contribution in [0.2, 0.25) is 5.02 Å². The first-order valence-electron chi connectivity index (χ1n) is 15.6. The maximum absolute atomic E-state index is 14.7. The smallest absolute Gasteiger partial charge is 0.264 e. The van der Waals surface area contributed by atoms with Gasteiger partial charge in [-0.1, -0.05) is 66.2 Å². The number of sulfonamides is 1. The number of para-hydroxylation sites is 2. The molecule has 0 aliphatic heterocycles. The lowest BCUT2D eigenvalue weighted by Crippen LogP contribution is -2.56. The Bertz CT molecular complexity index is 1800. The van der Waals surface area contributed by atoms with E-state index in [0.717, 1.165) is 14.8 Å². The SMILES string of the molecule is CCOc1ccccc1N(CC(=O)N(Cc1cccc(Cl)c1)[C@H](Cc1ccccc1)C(=O)NC(C)(C)C)S(=O)(=O)c1ccc(SC)cc1. The molecule has 0 aliphatic rings. The Balaban J connectivity index is 1.86. The number of halogens is 1. The van der Waals surface area contributed by atoms with Gasteiger partial charge in [-0.2, -0.15) is 0 Å². The molecule has 48 heavy (non-hydrogen) atoms. The van der Waals surface area contributed by atoms with Gasteiger partial charge in [-0.05, 0) is 93.6 Å². The van der Waals surface area contributed by atoms with Crippen LogP contribution in [0.15, 0.2) is 113 Å². The maximum Gasteiger partial charge on any atom is 0.264 e. The second-order valence-electron chi connectivity index (χ2n) is 12.2. The van der Waals surface area contributed by atoms with Crippen LogP contribution < -0.4 is 14.4 Å². The molecule has 0 unspecified atom stereocenters. The molecule has 0 radical (unpaired) electrons. The molecule has 1 N–H and O–H groups in total. The molecule has 0 heterocycles. The summed E-state index contributed by atoms with van der Waals surface area (Å²) in [4.78, 5) is 31.1. The minimum atomic E-state index is -4.29. The number of anilines is 1. The van der Waals surface area contributed by atoms with Crippen LogP contribution in [0.25, 0.3) is 0 Å². The van der Waals surface area contributed by atoms with E-state index in [4.69, 9.17) is 16.3 Å². The zero-order chi connectivity index (χ0) is 34.9. The van der Waals surface area contributed by atoms with Crippen LogP contribution >= 0.6 is 23.4 Å². The Morgan fingerprint density at radius 2 is 1.54 bits per heavy atom. The molecular weight excluding hydrogens is 666 g/mol. The van der Waals surface area contributed by atoms with Gasteiger partial charge < -0.3 is 15.0 Å². The number of hydrogen-bond donors (Lipinski definition) is 1. The van der Waals surface area contributed by atoms with Crippen molar-refractivity contribution in [3.8, 4) is 5.75 Å². The molecule has 0 bridgehead atoms. The molecule has 0 saturated heterocycles. The largest absolute Gasteiger partial charge is 0.492 e. The average Bonchev–Trinajstić information content (AvgIpc) is 3.05. The molecule has 4 aromatic rings. The van der Waals surface area contributed by atoms with Gasteiger partial charge in [0.25, 0.3) is 10.0 Å². The lowest BCUT2D eigenvalue weighted by atomic mass is 10.0. The molecular formula is C37H42ClN3O5S2. The summed E-state index contributed by atoms with van der Waals surface area (Å²) in [5, 5.41) is 3.51. The number of rotatable bonds is 14. The first kappa shape index (κ1) is 36.8. The standard InChI is InChI=1S/C37H42ClN3O5S2/c1-6-46-34-18-11-10-17-32(34)41(48(44,45)31-21-19-30(47-5)20-22-31)26-35(42)40(25-28-15-12-16-29(38)23-28)33(36(43)39-37(2,3)4)24-27-13-8-7-9-14-27/h7-23,33H,6,24-26H2,1-5H3,(H,39,43)/t33-/m1/s1. The van der Waals surface area contributed by atoms with Crippen molar-refractivity contribution >= 4 is 50.9 Å². The topological polar surface area (TPSA) is 96.0 Å². The minimum Gasteiger partial charge on any atom is -0.492 e. The lowest BCUT2D eigenvalue weighted by Gasteiger charge is -2.35. The van der Waals surface area contributed by atoms with Gasteiger partial charge in [0.2, 0.25) is 11.8 Å². The first-order chi connectivity index (χ1) is 22.8. The molecule has 254 valence electrons. The van der Waals surface area contributed by atoms with Crippen LogP contribution in [0.4, 0.5) is 5.69 Å². The highest BCUT2D eigenvalue weighted by Gasteiger charge is 2.36. The van der Waals surface area contributed by atoms with Crippen molar-refractivity contribution < 1.29 is 22.7 Å². The molecule has 1 atom stereocenters. The number of ether oxygens (including phenoxy) is 1. The fourth-order valence-electron chi connectivity index (χ4n) is 5.17. The van der Waals surface area contributed by atoms with Crippen LogP contribution in [0.5, 0.6) is 5.75 Å². The van der Waals surface area contributed by atoms with Crippen molar-refractivity contribution in [1.29, 1.82) is 0 Å². The Hall–Kier alpha value is -3.99. The molecule has 0 aliphatic carbocycles. The van der Waals surface area contributed by atoms with E-state index in [1.165, 1.54) is 28.8 Å². The number of carbonyl (C=O) groups is 2. The van der Waals surface area contributed by atoms with E-state index in [1.807, 2.05) is 63.4 Å². The zero-order valence-corrected chi connectivity index (χ0v) is 30.2. The third-order valence-corrected chi connectivity index (χ3v) is 10.1. The summed E-state index contributed by atoms with van der Waals surface area (Å²) < 4.78 is 35.8. The molecule has 0 spiro atoms. The van der Waals surface area contributed by atoms with Crippen molar-refractivity contribution in [1.82, 2.24) is 10.2 Å². The summed E-state index contributed by atoms with van der Waals surface area (Å²) in [6, 6.07) is 28.7. The molecule has 4 aromatic carbocycles. The molecule has 8 nitrogen and oxygen atoms in total. The van der Waals surface area contributed by atoms with E-state index < -0.39 is 34.1 Å². The van der Waals surface area contributed by atoms with Gasteiger partial charge in [0.1, 0.15) is 18.3 Å². The normalized spacial score (nSPS) is 12.2. The summed E-state index contributed by atoms with van der Waals surface area (Å²) in [5.74, 6) is -0.626. The van der Waals surface area contributed by atoms with Gasteiger partial charge in [-0.15, -0.1) is 11.8 Å². The second kappa shape index (κ2) is 16.4. The van der Waals surface area contributed by atoms with Gasteiger partial charge >= 0.3 is 0 Å². The van der Waals surface area contributed by atoms with Crippen LogP contribution in [0.3, 0.4) is 0 Å². The van der Waals surface area contributed by atoms with Gasteiger partial charge in [-0.3, -0.25) is 13.9 Å². The van der Waals surface area contributed by atoms with E-state index >= 15 is 0 Å². The molecule has 0 fully saturated rings. The monoisotopic (exact) mass is 707 g/mol. The Morgan fingerprint density at radius 1 is 0.896 bits per heavy atom. The quantitative estimate of drug-likeness (QED) is 0.139. The predicted octanol–water partition coefficient (Wildman–Crippen LogP) is 7.21. The van der Waals surface area contributed by atoms with E-state index in [-0.39, 0.29) is 36.1 Å². The number of hydrogen-bond acceptors (Lipinski definition) is 6. The summed E-state index contributed by atoms with van der Waals surface area (Å²) in [5.41, 5.74) is 1.15. The number of benzene rings is 4. The molecule has 0 saturated carbocycles. The van der Waals surface area contributed by atoms with Crippen molar-refractivity contribution in [2.45, 2.75) is 62.0 Å². The number of carbonyl (C=O) groups excluding carboxylic acids is 2. The zero-order valence-electron chi connectivity index (χ0n) is 27.9. The summed E-state index contributed by atoms with van der Waals surface area (Å²) in [6.45, 7) is 7.12. The number of thioether (sulfide) groups is 1. The van der Waals surface area contributed by atoms with Gasteiger partial charge in [-0.25, -0.2) is 8.42 Å². The van der Waals surface area contributed by atoms with Crippen molar-refractivity contribution in [3.05, 3.63) is 119 Å². The van der Waals surface area contributed by atoms with Crippen molar-refractivity contribution in [3.63, 3.8) is 0 Å². The van der Waals surface area contributed by atoms with Gasteiger partial charge in [0.05, 0.1) is 17.2 Å². The van der Waals surface area contributed by atoms with Crippen LogP contribution in [0.1, 0.15) is 38.8 Å². The summed E-state index contributed by atoms with van der Waals surface area (Å²) in [7, 11) is -4.29. The molecule has 4 rings (SSSR count). The fraction of sp³-hybridized carbons (Fsp3) is 0.297. The third kappa shape index (κ3) is 9.78. The van der Waals surface area contributed by atoms with E-state index in [2.05, 4.69) is 5.32 Å². The second-order valence-corrected chi connectivity index (χ2v) is 15.4. The number of nitrogens with zero attached hydrogens (tertiary/aromatic N) is 2. The third-order valence-electron chi connectivity index (χ3n) is 7.37. The van der Waals surface area contributed by atoms with Crippen LogP contribution in [-0.2, 0) is 32.6 Å². The van der Waals surface area contributed by atoms with E-state index in [1.54, 1.807) is 61.5 Å². The molecule has 0 aromatic heterocycles. The van der Waals surface area contributed by atoms with E-state index in [0.29, 0.717) is 16.3 Å². The Morgan fingerprint density at radius 3 is 2.17 bits per heavy atom. The lowest BCUT2D eigenvalue weighted by molar-refractivity contribution is -0.140. The average molecular weight is 708 g/mol. The van der Waals surface area contributed by atoms with E-state index in [9.17, 15) is 18.0 Å². The number of nitrogens with one attached hydrogen (secondary N) is 1. The maximum atomic E-state index is 14.7. The van der Waals surface area contributed by atoms with Crippen LogP contribution in [0, 0.1) is 0 Å². The van der Waals surface area contributed by atoms with Crippen LogP contribution in [-0.4, -0.2) is 56.1 Å². The predicted molar refractivity (Wildman–Crippen MR) is 194 cm³/mol. The highest BCUT2D eigenvalue weighted by atomic mass is 35.5. The highest BCUT2D eigenvalue weighted by molar-refractivity contribution is 7.98. The molecule has 11 heteroatoms. The summed E-state index contributed by atoms with van der Waals surface area (Å²) >= 11 is 7.83. The summed E-state index contributed by atoms with van der Waals surface area (Å²) in [6.07, 6.45) is 2.11. The Kier molecular flexibility index (Phi) is 12.6. The Labute approximate surface area is 293 Å². The highest BCUT2D eigenvalue weighted by Crippen LogP contribution is 2.33. The first-order valence-corrected chi connectivity index (χ1v) is 18.6. The van der Waals surface area contributed by atoms with Gasteiger partial charge in [0, 0.05) is 28.4 Å². The minimum absolute atomic E-state index is 0.0118. The fourth-order valence-corrected chi connectivity index (χ4v) is 7.21. The van der Waals surface area contributed by atoms with Crippen molar-refractivity contribution in [2.24, 2.45) is 0 Å². The number of amides is 2. The molecule has 2 amide bonds. The van der Waals surface area contributed by atoms with Crippen molar-refractivity contribution in [2.75, 3.05) is 23.7 Å².